The Balaban J connectivity index is 2.15. The first-order valence-electron chi connectivity index (χ1n) is 8.68. The van der Waals surface area contributed by atoms with E-state index in [0.29, 0.717) is 6.54 Å². The van der Waals surface area contributed by atoms with Gasteiger partial charge in [0.25, 0.3) is 11.6 Å². The molecule has 0 bridgehead atoms. The number of carbonyl (C=O) groups excluding carboxylic acids is 2. The lowest BCUT2D eigenvalue weighted by molar-refractivity contribution is -0.384. The molecule has 0 saturated heterocycles. The molecule has 148 valence electrons. The number of benzene rings is 2. The van der Waals surface area contributed by atoms with E-state index in [2.05, 4.69) is 10.1 Å². The smallest absolute Gasteiger partial charge is 0.338 e. The van der Waals surface area contributed by atoms with Gasteiger partial charge in [-0.15, -0.1) is 0 Å². The fourth-order valence-corrected chi connectivity index (χ4v) is 2.72. The molecule has 1 atom stereocenters. The maximum atomic E-state index is 12.6. The van der Waals surface area contributed by atoms with Gasteiger partial charge in [-0.3, -0.25) is 14.9 Å². The predicted octanol–water partition coefficient (Wildman–Crippen LogP) is 2.28. The molecule has 2 rings (SSSR count). The van der Waals surface area contributed by atoms with Crippen LogP contribution in [0.2, 0.25) is 0 Å². The minimum atomic E-state index is -0.743. The van der Waals surface area contributed by atoms with Crippen molar-refractivity contribution >= 4 is 17.6 Å². The van der Waals surface area contributed by atoms with E-state index >= 15 is 0 Å². The van der Waals surface area contributed by atoms with Crippen LogP contribution in [0.5, 0.6) is 0 Å². The van der Waals surface area contributed by atoms with Gasteiger partial charge in [0, 0.05) is 30.3 Å². The zero-order valence-electron chi connectivity index (χ0n) is 16.0. The number of nitro groups is 1. The van der Waals surface area contributed by atoms with Crippen LogP contribution < -0.4 is 5.32 Å². The molecule has 0 spiro atoms. The summed E-state index contributed by atoms with van der Waals surface area (Å²) in [6.07, 6.45) is 0.733. The second kappa shape index (κ2) is 9.61. The third-order valence-corrected chi connectivity index (χ3v) is 4.35. The molecule has 0 aliphatic rings. The van der Waals surface area contributed by atoms with E-state index in [0.717, 1.165) is 24.1 Å². The first-order chi connectivity index (χ1) is 13.3. The molecule has 0 aliphatic carbocycles. The van der Waals surface area contributed by atoms with Crippen molar-refractivity contribution in [3.05, 3.63) is 75.3 Å². The second-order valence-corrected chi connectivity index (χ2v) is 6.53. The van der Waals surface area contributed by atoms with Crippen molar-refractivity contribution in [1.82, 2.24) is 10.2 Å². The van der Waals surface area contributed by atoms with E-state index in [1.807, 2.05) is 49.3 Å². The Kier molecular flexibility index (Phi) is 7.22. The maximum absolute atomic E-state index is 12.6. The van der Waals surface area contributed by atoms with Gasteiger partial charge in [-0.1, -0.05) is 30.3 Å². The number of methoxy groups -OCH3 is 1. The number of non-ortho nitro benzene ring substituents is 1. The highest BCUT2D eigenvalue weighted by Gasteiger charge is 2.20. The Morgan fingerprint density at radius 3 is 2.36 bits per heavy atom. The molecule has 0 fully saturated rings. The van der Waals surface area contributed by atoms with Crippen LogP contribution in [0.1, 0.15) is 26.3 Å². The molecular weight excluding hydrogens is 362 g/mol. The van der Waals surface area contributed by atoms with E-state index in [1.165, 1.54) is 13.2 Å². The van der Waals surface area contributed by atoms with E-state index in [-0.39, 0.29) is 22.9 Å². The number of esters is 1. The number of nitrogens with one attached hydrogen (secondary N) is 1. The molecule has 0 heterocycles. The summed E-state index contributed by atoms with van der Waals surface area (Å²) >= 11 is 0. The zero-order chi connectivity index (χ0) is 20.7. The van der Waals surface area contributed by atoms with E-state index in [4.69, 9.17) is 0 Å². The van der Waals surface area contributed by atoms with Gasteiger partial charge in [-0.05, 0) is 32.1 Å². The molecule has 0 saturated carbocycles. The molecule has 2 aromatic carbocycles. The van der Waals surface area contributed by atoms with Gasteiger partial charge in [-0.2, -0.15) is 0 Å². The molecule has 0 radical (unpaired) electrons. The quantitative estimate of drug-likeness (QED) is 0.425. The Bertz CT molecular complexity index is 852. The average Bonchev–Trinajstić information content (AvgIpc) is 2.70. The highest BCUT2D eigenvalue weighted by atomic mass is 16.6. The molecule has 1 amide bonds. The number of rotatable bonds is 8. The summed E-state index contributed by atoms with van der Waals surface area (Å²) < 4.78 is 4.60. The van der Waals surface area contributed by atoms with Gasteiger partial charge in [0.05, 0.1) is 17.6 Å². The van der Waals surface area contributed by atoms with E-state index in [1.54, 1.807) is 0 Å². The number of nitrogens with zero attached hydrogens (tertiary/aromatic N) is 2. The van der Waals surface area contributed by atoms with Crippen LogP contribution in [-0.2, 0) is 11.2 Å². The van der Waals surface area contributed by atoms with Crippen LogP contribution in [0.25, 0.3) is 0 Å². The van der Waals surface area contributed by atoms with Crippen molar-refractivity contribution in [2.24, 2.45) is 0 Å². The molecule has 2 aromatic rings. The topological polar surface area (TPSA) is 102 Å². The van der Waals surface area contributed by atoms with Crippen molar-refractivity contribution in [3.8, 4) is 0 Å². The fraction of sp³-hybridized carbons (Fsp3) is 0.300. The molecule has 1 unspecified atom stereocenters. The van der Waals surface area contributed by atoms with Crippen molar-refractivity contribution in [3.63, 3.8) is 0 Å². The number of likely N-dealkylation sites (N-methyl/N-ethyl adjacent to an activating group) is 1. The second-order valence-electron chi connectivity index (χ2n) is 6.53. The molecule has 28 heavy (non-hydrogen) atoms. The molecule has 1 N–H and O–H groups in total. The molecule has 0 aromatic heterocycles. The number of carbonyl (C=O) groups is 2. The number of ether oxygens (including phenoxy) is 1. The number of hydrogen-bond acceptors (Lipinski definition) is 6. The molecule has 0 aliphatic heterocycles. The van der Waals surface area contributed by atoms with Crippen LogP contribution >= 0.6 is 0 Å². The van der Waals surface area contributed by atoms with Gasteiger partial charge in [0.15, 0.2) is 0 Å². The molecule has 8 heteroatoms. The van der Waals surface area contributed by atoms with Crippen LogP contribution in [-0.4, -0.2) is 55.5 Å². The fourth-order valence-electron chi connectivity index (χ4n) is 2.72. The number of hydrogen-bond donors (Lipinski definition) is 1. The standard InChI is InChI=1S/C20H23N3O5/c1-22(2)18(9-14-7-5-4-6-8-14)13-21-19(24)15-10-16(20(25)28-3)12-17(11-15)23(26)27/h4-8,10-12,18H,9,13H2,1-3H3,(H,21,24). The average molecular weight is 385 g/mol. The maximum Gasteiger partial charge on any atom is 0.338 e. The van der Waals surface area contributed by atoms with Crippen LogP contribution in [0.15, 0.2) is 48.5 Å². The van der Waals surface area contributed by atoms with Crippen LogP contribution in [0.3, 0.4) is 0 Å². The zero-order valence-corrected chi connectivity index (χ0v) is 16.0. The van der Waals surface area contributed by atoms with Gasteiger partial charge in [0.2, 0.25) is 0 Å². The molecule has 8 nitrogen and oxygen atoms in total. The normalized spacial score (nSPS) is 11.7. The van der Waals surface area contributed by atoms with E-state index in [9.17, 15) is 19.7 Å². The number of nitro benzene ring substituents is 1. The highest BCUT2D eigenvalue weighted by Crippen LogP contribution is 2.18. The van der Waals surface area contributed by atoms with Crippen LogP contribution in [0, 0.1) is 10.1 Å². The summed E-state index contributed by atoms with van der Waals surface area (Å²) in [6.45, 7) is 0.344. The first-order valence-corrected chi connectivity index (χ1v) is 8.68. The van der Waals surface area contributed by atoms with Crippen molar-refractivity contribution in [2.45, 2.75) is 12.5 Å². The largest absolute Gasteiger partial charge is 0.465 e. The SMILES string of the molecule is COC(=O)c1cc(C(=O)NCC(Cc2ccccc2)N(C)C)cc([N+](=O)[O-])c1. The summed E-state index contributed by atoms with van der Waals surface area (Å²) in [7, 11) is 5.01. The number of amides is 1. The van der Waals surface area contributed by atoms with E-state index < -0.39 is 16.8 Å². The lowest BCUT2D eigenvalue weighted by atomic mass is 10.0. The summed E-state index contributed by atoms with van der Waals surface area (Å²) in [6, 6.07) is 13.4. The van der Waals surface area contributed by atoms with Crippen molar-refractivity contribution < 1.29 is 19.2 Å². The van der Waals surface area contributed by atoms with Crippen LogP contribution in [0.4, 0.5) is 5.69 Å². The summed E-state index contributed by atoms with van der Waals surface area (Å²) in [5.74, 6) is -1.23. The summed E-state index contributed by atoms with van der Waals surface area (Å²) in [5.41, 5.74) is 0.780. The summed E-state index contributed by atoms with van der Waals surface area (Å²) in [4.78, 5) is 36.8. The highest BCUT2D eigenvalue weighted by molar-refractivity contribution is 5.99. The first kappa shape index (κ1) is 21.0. The third kappa shape index (κ3) is 5.62. The Labute approximate surface area is 163 Å². The Hall–Kier alpha value is -3.26. The van der Waals surface area contributed by atoms with Crippen molar-refractivity contribution in [1.29, 1.82) is 0 Å². The van der Waals surface area contributed by atoms with Gasteiger partial charge < -0.3 is 15.0 Å². The predicted molar refractivity (Wildman–Crippen MR) is 104 cm³/mol. The minimum absolute atomic E-state index is 0.0325. The third-order valence-electron chi connectivity index (χ3n) is 4.35. The van der Waals surface area contributed by atoms with Gasteiger partial charge in [0.1, 0.15) is 0 Å². The monoisotopic (exact) mass is 385 g/mol. The minimum Gasteiger partial charge on any atom is -0.465 e. The van der Waals surface area contributed by atoms with Gasteiger partial charge >= 0.3 is 5.97 Å². The Morgan fingerprint density at radius 2 is 1.79 bits per heavy atom. The lowest BCUT2D eigenvalue weighted by Gasteiger charge is -2.24. The Morgan fingerprint density at radius 1 is 1.14 bits per heavy atom. The molecular formula is C20H23N3O5. The van der Waals surface area contributed by atoms with Crippen molar-refractivity contribution in [2.75, 3.05) is 27.7 Å². The lowest BCUT2D eigenvalue weighted by Crippen LogP contribution is -2.41. The summed E-state index contributed by atoms with van der Waals surface area (Å²) in [5, 5.41) is 13.9. The van der Waals surface area contributed by atoms with Gasteiger partial charge in [-0.25, -0.2) is 4.79 Å².